The van der Waals surface area contributed by atoms with Crippen LogP contribution in [0.1, 0.15) is 21.5 Å². The summed E-state index contributed by atoms with van der Waals surface area (Å²) in [4.78, 5) is 15.9. The van der Waals surface area contributed by atoms with Gasteiger partial charge in [0.15, 0.2) is 5.76 Å². The maximum atomic E-state index is 11.5. The molecule has 2 aromatic carbocycles. The van der Waals surface area contributed by atoms with Crippen LogP contribution in [-0.4, -0.2) is 23.2 Å². The van der Waals surface area contributed by atoms with Crippen LogP contribution in [0.5, 0.6) is 0 Å². The zero-order chi connectivity index (χ0) is 19.1. The fourth-order valence-electron chi connectivity index (χ4n) is 2.87. The zero-order valence-electron chi connectivity index (χ0n) is 14.9. The van der Waals surface area contributed by atoms with E-state index in [1.165, 1.54) is 7.11 Å². The minimum absolute atomic E-state index is 0.271. The van der Waals surface area contributed by atoms with Crippen LogP contribution in [0.15, 0.2) is 45.3 Å². The third kappa shape index (κ3) is 2.98. The lowest BCUT2D eigenvalue weighted by molar-refractivity contribution is 0.0601. The highest BCUT2D eigenvalue weighted by atomic mass is 35.5. The molecule has 0 N–H and O–H groups in total. The number of hydrogen-bond acceptors (Lipinski definition) is 6. The van der Waals surface area contributed by atoms with E-state index in [4.69, 9.17) is 20.5 Å². The summed E-state index contributed by atoms with van der Waals surface area (Å²) in [6.45, 7) is 3.87. The number of carbonyl (C=O) groups excluding carboxylic acids is 1. The molecule has 2 aromatic heterocycles. The Hall–Kier alpha value is -3.12. The van der Waals surface area contributed by atoms with Crippen LogP contribution in [0.4, 0.5) is 0 Å². The lowest BCUT2D eigenvalue weighted by Crippen LogP contribution is -2.00. The number of benzene rings is 2. The SMILES string of the molecule is COC(=O)c1ccc(-c2noc(-c3cc4c(C)c(Cl)cc(C)c4o3)n2)cc1. The highest BCUT2D eigenvalue weighted by Gasteiger charge is 2.18. The Balaban J connectivity index is 1.70. The van der Waals surface area contributed by atoms with E-state index in [2.05, 4.69) is 14.9 Å². The van der Waals surface area contributed by atoms with E-state index in [0.29, 0.717) is 27.7 Å². The molecule has 0 atom stereocenters. The first-order valence-electron chi connectivity index (χ1n) is 8.20. The van der Waals surface area contributed by atoms with Crippen molar-refractivity contribution >= 4 is 28.5 Å². The first-order valence-corrected chi connectivity index (χ1v) is 8.58. The van der Waals surface area contributed by atoms with E-state index in [-0.39, 0.29) is 5.89 Å². The topological polar surface area (TPSA) is 78.4 Å². The maximum Gasteiger partial charge on any atom is 0.337 e. The number of esters is 1. The number of halogens is 1. The number of furan rings is 1. The van der Waals surface area contributed by atoms with Crippen molar-refractivity contribution < 1.29 is 18.5 Å². The van der Waals surface area contributed by atoms with Gasteiger partial charge >= 0.3 is 5.97 Å². The molecule has 27 heavy (non-hydrogen) atoms. The third-order valence-electron chi connectivity index (χ3n) is 4.40. The van der Waals surface area contributed by atoms with Crippen LogP contribution in [0.2, 0.25) is 5.02 Å². The van der Waals surface area contributed by atoms with Crippen molar-refractivity contribution in [1.82, 2.24) is 10.1 Å². The van der Waals surface area contributed by atoms with Gasteiger partial charge in [-0.2, -0.15) is 4.98 Å². The van der Waals surface area contributed by atoms with Crippen LogP contribution in [0.25, 0.3) is 34.0 Å². The Labute approximate surface area is 159 Å². The van der Waals surface area contributed by atoms with E-state index in [0.717, 1.165) is 22.1 Å². The number of hydrogen-bond donors (Lipinski definition) is 0. The predicted molar refractivity (Wildman–Crippen MR) is 101 cm³/mol. The average molecular weight is 383 g/mol. The fourth-order valence-corrected chi connectivity index (χ4v) is 3.14. The summed E-state index contributed by atoms with van der Waals surface area (Å²) in [5.41, 5.74) is 3.78. The van der Waals surface area contributed by atoms with E-state index < -0.39 is 5.97 Å². The minimum Gasteiger partial charge on any atom is -0.465 e. The number of rotatable bonds is 3. The standard InChI is InChI=1S/C20H15ClN2O4/c1-10-8-15(21)11(2)14-9-16(26-17(10)14)19-22-18(23-27-19)12-4-6-13(7-5-12)20(24)25-3/h4-9H,1-3H3. The zero-order valence-corrected chi connectivity index (χ0v) is 15.6. The number of aryl methyl sites for hydroxylation is 2. The molecule has 0 aliphatic carbocycles. The summed E-state index contributed by atoms with van der Waals surface area (Å²) in [7, 11) is 1.34. The van der Waals surface area contributed by atoms with Gasteiger partial charge in [0.1, 0.15) is 5.58 Å². The van der Waals surface area contributed by atoms with Gasteiger partial charge in [0, 0.05) is 16.0 Å². The van der Waals surface area contributed by atoms with Gasteiger partial charge in [0.2, 0.25) is 5.82 Å². The Morgan fingerprint density at radius 2 is 1.89 bits per heavy atom. The molecule has 4 rings (SSSR count). The quantitative estimate of drug-likeness (QED) is 0.453. The summed E-state index contributed by atoms with van der Waals surface area (Å²) in [6, 6.07) is 10.5. The molecular weight excluding hydrogens is 368 g/mol. The first-order chi connectivity index (χ1) is 13.0. The van der Waals surface area contributed by atoms with Gasteiger partial charge in [-0.05, 0) is 49.2 Å². The lowest BCUT2D eigenvalue weighted by Gasteiger charge is -2.01. The maximum absolute atomic E-state index is 11.5. The molecule has 0 saturated heterocycles. The second-order valence-electron chi connectivity index (χ2n) is 6.15. The molecule has 4 aromatic rings. The normalized spacial score (nSPS) is 11.1. The molecule has 6 nitrogen and oxygen atoms in total. The molecule has 2 heterocycles. The summed E-state index contributed by atoms with van der Waals surface area (Å²) < 4.78 is 16.0. The molecule has 0 bridgehead atoms. The number of fused-ring (bicyclic) bond motifs is 1. The summed E-state index contributed by atoms with van der Waals surface area (Å²) >= 11 is 6.25. The minimum atomic E-state index is -0.401. The number of methoxy groups -OCH3 is 1. The second-order valence-corrected chi connectivity index (χ2v) is 6.55. The van der Waals surface area contributed by atoms with E-state index >= 15 is 0 Å². The van der Waals surface area contributed by atoms with Crippen molar-refractivity contribution in [3.8, 4) is 23.0 Å². The number of carbonyl (C=O) groups is 1. The highest BCUT2D eigenvalue weighted by molar-refractivity contribution is 6.32. The van der Waals surface area contributed by atoms with Crippen LogP contribution in [-0.2, 0) is 4.74 Å². The van der Waals surface area contributed by atoms with Crippen molar-refractivity contribution in [3.05, 3.63) is 58.1 Å². The van der Waals surface area contributed by atoms with Crippen molar-refractivity contribution in [2.24, 2.45) is 0 Å². The molecule has 0 spiro atoms. The molecule has 0 saturated carbocycles. The third-order valence-corrected chi connectivity index (χ3v) is 4.79. The van der Waals surface area contributed by atoms with E-state index in [9.17, 15) is 4.79 Å². The number of aromatic nitrogens is 2. The fraction of sp³-hybridized carbons (Fsp3) is 0.150. The van der Waals surface area contributed by atoms with E-state index in [1.54, 1.807) is 24.3 Å². The molecule has 0 aliphatic rings. The number of nitrogens with zero attached hydrogens (tertiary/aromatic N) is 2. The van der Waals surface area contributed by atoms with E-state index in [1.807, 2.05) is 26.0 Å². The Morgan fingerprint density at radius 1 is 1.15 bits per heavy atom. The van der Waals surface area contributed by atoms with Crippen molar-refractivity contribution in [2.75, 3.05) is 7.11 Å². The smallest absolute Gasteiger partial charge is 0.337 e. The van der Waals surface area contributed by atoms with Crippen LogP contribution < -0.4 is 0 Å². The Kier molecular flexibility index (Phi) is 4.20. The van der Waals surface area contributed by atoms with Gasteiger partial charge in [0.05, 0.1) is 12.7 Å². The Bertz CT molecular complexity index is 1160. The van der Waals surface area contributed by atoms with Crippen molar-refractivity contribution in [3.63, 3.8) is 0 Å². The molecule has 0 amide bonds. The lowest BCUT2D eigenvalue weighted by atomic mass is 10.1. The van der Waals surface area contributed by atoms with Gasteiger partial charge < -0.3 is 13.7 Å². The average Bonchev–Trinajstić information content (AvgIpc) is 3.33. The molecule has 0 radical (unpaired) electrons. The summed E-state index contributed by atoms with van der Waals surface area (Å²) in [5, 5.41) is 5.60. The van der Waals surface area contributed by atoms with Crippen LogP contribution >= 0.6 is 11.6 Å². The molecule has 0 aliphatic heterocycles. The molecular formula is C20H15ClN2O4. The predicted octanol–water partition coefficient (Wildman–Crippen LogP) is 5.21. The molecule has 0 fully saturated rings. The summed E-state index contributed by atoms with van der Waals surface area (Å²) in [5.74, 6) is 0.743. The number of ether oxygens (including phenoxy) is 1. The van der Waals surface area contributed by atoms with Gasteiger partial charge in [-0.15, -0.1) is 0 Å². The van der Waals surface area contributed by atoms with Gasteiger partial charge in [-0.3, -0.25) is 0 Å². The van der Waals surface area contributed by atoms with Crippen molar-refractivity contribution in [2.45, 2.75) is 13.8 Å². The largest absolute Gasteiger partial charge is 0.465 e. The van der Waals surface area contributed by atoms with Gasteiger partial charge in [0.25, 0.3) is 5.89 Å². The second kappa shape index (κ2) is 6.55. The van der Waals surface area contributed by atoms with Gasteiger partial charge in [-0.1, -0.05) is 28.9 Å². The molecule has 0 unspecified atom stereocenters. The van der Waals surface area contributed by atoms with Crippen LogP contribution in [0.3, 0.4) is 0 Å². The Morgan fingerprint density at radius 3 is 2.59 bits per heavy atom. The summed E-state index contributed by atoms with van der Waals surface area (Å²) in [6.07, 6.45) is 0. The molecule has 136 valence electrons. The van der Waals surface area contributed by atoms with Crippen molar-refractivity contribution in [1.29, 1.82) is 0 Å². The first kappa shape index (κ1) is 17.3. The molecule has 7 heteroatoms. The highest BCUT2D eigenvalue weighted by Crippen LogP contribution is 2.35. The van der Waals surface area contributed by atoms with Gasteiger partial charge in [-0.25, -0.2) is 4.79 Å². The van der Waals surface area contributed by atoms with Crippen LogP contribution in [0, 0.1) is 13.8 Å². The monoisotopic (exact) mass is 382 g/mol.